The maximum Gasteiger partial charge on any atom is 0.407 e. The highest BCUT2D eigenvalue weighted by atomic mass is 28.4. The van der Waals surface area contributed by atoms with Crippen LogP contribution in [0.4, 0.5) is 4.79 Å². The van der Waals surface area contributed by atoms with Gasteiger partial charge in [0.25, 0.3) is 0 Å². The van der Waals surface area contributed by atoms with Gasteiger partial charge in [-0.15, -0.1) is 0 Å². The molecule has 25 heavy (non-hydrogen) atoms. The Morgan fingerprint density at radius 1 is 1.08 bits per heavy atom. The molecule has 1 atom stereocenters. The second-order valence-electron chi connectivity index (χ2n) is 10.3. The number of carbonyl (C=O) groups is 1. The van der Waals surface area contributed by atoms with Gasteiger partial charge in [0.2, 0.25) is 0 Å². The Balaban J connectivity index is 2.37. The lowest BCUT2D eigenvalue weighted by molar-refractivity contribution is 0.0476. The summed E-state index contributed by atoms with van der Waals surface area (Å²) in [6, 6.07) is 0.164. The van der Waals surface area contributed by atoms with Gasteiger partial charge in [-0.25, -0.2) is 4.79 Å². The standard InChI is InChI=1S/C20H41NO3Si/c1-15(21-18(22)24-19(2,3)4)17-12-10-16(11-13-17)14-23-25(8,9)20(5,6)7/h15-17H,10-14H2,1-9H3,(H,21,22)/t15-,16?,17?/m0/s1. The van der Waals surface area contributed by atoms with Gasteiger partial charge in [-0.3, -0.25) is 0 Å². The van der Waals surface area contributed by atoms with Crippen LogP contribution in [0.2, 0.25) is 18.1 Å². The van der Waals surface area contributed by atoms with Crippen molar-refractivity contribution >= 4 is 14.4 Å². The minimum Gasteiger partial charge on any atom is -0.444 e. The molecule has 5 heteroatoms. The van der Waals surface area contributed by atoms with Gasteiger partial charge in [0, 0.05) is 12.6 Å². The summed E-state index contributed by atoms with van der Waals surface area (Å²) in [5, 5.41) is 3.29. The van der Waals surface area contributed by atoms with Crippen molar-refractivity contribution in [1.29, 1.82) is 0 Å². The van der Waals surface area contributed by atoms with Gasteiger partial charge < -0.3 is 14.5 Å². The number of nitrogens with one attached hydrogen (secondary N) is 1. The Bertz CT molecular complexity index is 429. The van der Waals surface area contributed by atoms with Gasteiger partial charge >= 0.3 is 6.09 Å². The quantitative estimate of drug-likeness (QED) is 0.628. The largest absolute Gasteiger partial charge is 0.444 e. The molecule has 1 fully saturated rings. The van der Waals surface area contributed by atoms with Crippen LogP contribution in [0.3, 0.4) is 0 Å². The van der Waals surface area contributed by atoms with E-state index in [1.165, 1.54) is 12.8 Å². The number of carbonyl (C=O) groups excluding carboxylic acids is 1. The fraction of sp³-hybridized carbons (Fsp3) is 0.950. The molecular weight excluding hydrogens is 330 g/mol. The number of hydrogen-bond donors (Lipinski definition) is 1. The van der Waals surface area contributed by atoms with Gasteiger partial charge in [-0.05, 0) is 83.3 Å². The minimum atomic E-state index is -1.65. The summed E-state index contributed by atoms with van der Waals surface area (Å²) >= 11 is 0. The molecule has 1 saturated carbocycles. The fourth-order valence-electron chi connectivity index (χ4n) is 3.01. The van der Waals surface area contributed by atoms with E-state index in [4.69, 9.17) is 9.16 Å². The molecule has 4 nitrogen and oxygen atoms in total. The Kier molecular flexibility index (Phi) is 7.58. The average molecular weight is 372 g/mol. The molecule has 0 unspecified atom stereocenters. The molecular formula is C20H41NO3Si. The molecule has 1 rings (SSSR count). The normalized spacial score (nSPS) is 23.9. The molecule has 0 radical (unpaired) electrons. The van der Waals surface area contributed by atoms with E-state index < -0.39 is 13.9 Å². The lowest BCUT2D eigenvalue weighted by atomic mass is 9.79. The first kappa shape index (κ1) is 22.5. The van der Waals surface area contributed by atoms with Crippen molar-refractivity contribution in [3.63, 3.8) is 0 Å². The fourth-order valence-corrected chi connectivity index (χ4v) is 4.09. The third-order valence-electron chi connectivity index (χ3n) is 5.83. The lowest BCUT2D eigenvalue weighted by Crippen LogP contribution is -2.44. The summed E-state index contributed by atoms with van der Waals surface area (Å²) < 4.78 is 11.8. The first-order valence-corrected chi connectivity index (χ1v) is 12.8. The van der Waals surface area contributed by atoms with Crippen molar-refractivity contribution < 1.29 is 14.0 Å². The molecule has 0 bridgehead atoms. The first-order valence-electron chi connectivity index (χ1n) is 9.85. The highest BCUT2D eigenvalue weighted by molar-refractivity contribution is 6.74. The number of alkyl carbamates (subject to hydrolysis) is 1. The number of hydrogen-bond acceptors (Lipinski definition) is 3. The molecule has 1 aliphatic carbocycles. The van der Waals surface area contributed by atoms with Gasteiger partial charge in [-0.1, -0.05) is 20.8 Å². The van der Waals surface area contributed by atoms with E-state index >= 15 is 0 Å². The molecule has 0 saturated heterocycles. The van der Waals surface area contributed by atoms with Crippen molar-refractivity contribution in [3.8, 4) is 0 Å². The maximum atomic E-state index is 11.9. The van der Waals surface area contributed by atoms with Crippen LogP contribution in [0.5, 0.6) is 0 Å². The Morgan fingerprint density at radius 3 is 2.04 bits per heavy atom. The monoisotopic (exact) mass is 371 g/mol. The minimum absolute atomic E-state index is 0.164. The van der Waals surface area contributed by atoms with Crippen LogP contribution in [0.25, 0.3) is 0 Å². The zero-order valence-electron chi connectivity index (χ0n) is 18.0. The summed E-state index contributed by atoms with van der Waals surface area (Å²) in [6.07, 6.45) is 4.40. The van der Waals surface area contributed by atoms with Crippen LogP contribution in [0.1, 0.15) is 74.1 Å². The summed E-state index contributed by atoms with van der Waals surface area (Å²) in [6.45, 7) is 20.2. The van der Waals surface area contributed by atoms with Crippen LogP contribution >= 0.6 is 0 Å². The summed E-state index contributed by atoms with van der Waals surface area (Å²) in [5.74, 6) is 1.20. The molecule has 1 aliphatic rings. The van der Waals surface area contributed by atoms with E-state index in [9.17, 15) is 4.79 Å². The highest BCUT2D eigenvalue weighted by Gasteiger charge is 2.38. The Morgan fingerprint density at radius 2 is 1.60 bits per heavy atom. The van der Waals surface area contributed by atoms with Gasteiger partial charge in [-0.2, -0.15) is 0 Å². The summed E-state index contributed by atoms with van der Waals surface area (Å²) in [5.41, 5.74) is -0.442. The van der Waals surface area contributed by atoms with Gasteiger partial charge in [0.1, 0.15) is 5.60 Å². The van der Waals surface area contributed by atoms with E-state index in [-0.39, 0.29) is 17.2 Å². The SMILES string of the molecule is C[C@H](NC(=O)OC(C)(C)C)C1CCC(CO[Si](C)(C)C(C)(C)C)CC1. The van der Waals surface area contributed by atoms with E-state index in [1.807, 2.05) is 20.8 Å². The van der Waals surface area contributed by atoms with Crippen LogP contribution in [0.15, 0.2) is 0 Å². The second-order valence-corrected chi connectivity index (χ2v) is 15.1. The smallest absolute Gasteiger partial charge is 0.407 e. The number of rotatable bonds is 5. The Labute approximate surface area is 156 Å². The molecule has 0 aromatic rings. The maximum absolute atomic E-state index is 11.9. The van der Waals surface area contributed by atoms with Crippen molar-refractivity contribution in [2.45, 2.75) is 104 Å². The van der Waals surface area contributed by atoms with Crippen molar-refractivity contribution in [3.05, 3.63) is 0 Å². The molecule has 0 spiro atoms. The predicted octanol–water partition coefficient (Wildman–Crippen LogP) is 5.73. The Hall–Kier alpha value is -0.553. The molecule has 1 N–H and O–H groups in total. The molecule has 0 aliphatic heterocycles. The highest BCUT2D eigenvalue weighted by Crippen LogP contribution is 2.38. The zero-order chi connectivity index (χ0) is 19.5. The van der Waals surface area contributed by atoms with Crippen LogP contribution < -0.4 is 5.32 Å². The van der Waals surface area contributed by atoms with Crippen molar-refractivity contribution in [1.82, 2.24) is 5.32 Å². The average Bonchev–Trinajstić information content (AvgIpc) is 2.42. The summed E-state index contributed by atoms with van der Waals surface area (Å²) in [4.78, 5) is 11.9. The molecule has 0 aromatic heterocycles. The van der Waals surface area contributed by atoms with Crippen molar-refractivity contribution in [2.75, 3.05) is 6.61 Å². The van der Waals surface area contributed by atoms with Gasteiger partial charge in [0.05, 0.1) is 0 Å². The number of ether oxygens (including phenoxy) is 1. The summed E-state index contributed by atoms with van der Waals surface area (Å²) in [7, 11) is -1.65. The predicted molar refractivity (Wildman–Crippen MR) is 107 cm³/mol. The molecule has 148 valence electrons. The van der Waals surface area contributed by atoms with Crippen LogP contribution in [-0.4, -0.2) is 32.7 Å². The first-order chi connectivity index (χ1) is 11.2. The van der Waals surface area contributed by atoms with Gasteiger partial charge in [0.15, 0.2) is 8.32 Å². The second kappa shape index (κ2) is 8.42. The van der Waals surface area contributed by atoms with E-state index in [0.29, 0.717) is 11.8 Å². The third kappa shape index (κ3) is 7.69. The number of amides is 1. The van der Waals surface area contributed by atoms with E-state index in [1.54, 1.807) is 0 Å². The molecule has 0 heterocycles. The van der Waals surface area contributed by atoms with Crippen LogP contribution in [-0.2, 0) is 9.16 Å². The molecule has 1 amide bonds. The topological polar surface area (TPSA) is 47.6 Å². The van der Waals surface area contributed by atoms with Crippen LogP contribution in [0, 0.1) is 11.8 Å². The van der Waals surface area contributed by atoms with E-state index in [2.05, 4.69) is 46.1 Å². The lowest BCUT2D eigenvalue weighted by Gasteiger charge is -2.39. The zero-order valence-corrected chi connectivity index (χ0v) is 19.0. The third-order valence-corrected chi connectivity index (χ3v) is 10.3. The van der Waals surface area contributed by atoms with E-state index in [0.717, 1.165) is 19.4 Å². The molecule has 0 aromatic carbocycles. The van der Waals surface area contributed by atoms with Crippen molar-refractivity contribution in [2.24, 2.45) is 11.8 Å².